The topological polar surface area (TPSA) is 84.0 Å². The second-order valence-corrected chi connectivity index (χ2v) is 9.23. The molecule has 6 heteroatoms. The molecule has 0 aliphatic carbocycles. The van der Waals surface area contributed by atoms with Crippen LogP contribution in [0.2, 0.25) is 0 Å². The van der Waals surface area contributed by atoms with Crippen molar-refractivity contribution in [2.45, 2.75) is 53.0 Å². The van der Waals surface area contributed by atoms with Gasteiger partial charge in [0.2, 0.25) is 5.91 Å². The molecule has 31 heavy (non-hydrogen) atoms. The molecule has 0 saturated heterocycles. The van der Waals surface area contributed by atoms with Gasteiger partial charge in [-0.05, 0) is 29.2 Å². The van der Waals surface area contributed by atoms with E-state index in [0.29, 0.717) is 23.0 Å². The number of hydrogen-bond acceptors (Lipinski definition) is 3. The smallest absolute Gasteiger partial charge is 0.279 e. The van der Waals surface area contributed by atoms with Gasteiger partial charge in [-0.2, -0.15) is 0 Å². The van der Waals surface area contributed by atoms with E-state index in [1.807, 2.05) is 0 Å². The van der Waals surface area contributed by atoms with Gasteiger partial charge < -0.3 is 20.7 Å². The van der Waals surface area contributed by atoms with E-state index in [9.17, 15) is 9.59 Å². The summed E-state index contributed by atoms with van der Waals surface area (Å²) >= 11 is 0. The highest BCUT2D eigenvalue weighted by Crippen LogP contribution is 2.28. The predicted octanol–water partition coefficient (Wildman–Crippen LogP) is 3.85. The molecule has 168 valence electrons. The summed E-state index contributed by atoms with van der Waals surface area (Å²) in [6.07, 6.45) is 0. The highest BCUT2D eigenvalue weighted by Gasteiger charge is 2.22. The number of methoxy groups -OCH3 is 1. The Hall–Kier alpha value is -2.86. The number of nitrogens with one attached hydrogen (secondary N) is 2. The first-order chi connectivity index (χ1) is 14.5. The summed E-state index contributed by atoms with van der Waals surface area (Å²) in [6, 6.07) is 14.0. The number of amides is 2. The van der Waals surface area contributed by atoms with Crippen LogP contribution in [0.1, 0.15) is 58.7 Å². The van der Waals surface area contributed by atoms with E-state index in [-0.39, 0.29) is 29.8 Å². The van der Waals surface area contributed by atoms with Gasteiger partial charge in [-0.1, -0.05) is 58.9 Å². The third-order valence-corrected chi connectivity index (χ3v) is 5.23. The average molecular weight is 427 g/mol. The minimum absolute atomic E-state index is 0.111. The van der Waals surface area contributed by atoms with E-state index in [1.165, 1.54) is 18.1 Å². The number of carbonyl (C=O) groups excluding carboxylic acids is 2. The van der Waals surface area contributed by atoms with Crippen molar-refractivity contribution in [3.63, 3.8) is 0 Å². The molecule has 0 bridgehead atoms. The van der Waals surface area contributed by atoms with Gasteiger partial charge in [0.05, 0.1) is 12.8 Å². The molecule has 0 aliphatic rings. The zero-order valence-electron chi connectivity index (χ0n) is 19.7. The van der Waals surface area contributed by atoms with Gasteiger partial charge >= 0.3 is 0 Å². The Labute approximate surface area is 185 Å². The Kier molecular flexibility index (Phi) is 8.22. The quantitative estimate of drug-likeness (QED) is 0.599. The van der Waals surface area contributed by atoms with Crippen LogP contribution in [0.25, 0.3) is 0 Å². The fourth-order valence-electron chi connectivity index (χ4n) is 3.52. The van der Waals surface area contributed by atoms with Gasteiger partial charge in [0.25, 0.3) is 5.91 Å². The van der Waals surface area contributed by atoms with E-state index < -0.39 is 0 Å². The highest BCUT2D eigenvalue weighted by atomic mass is 16.5. The molecule has 0 aromatic heterocycles. The number of nitrogens with two attached hydrogens (primary N) is 1. The van der Waals surface area contributed by atoms with Crippen molar-refractivity contribution in [1.82, 2.24) is 0 Å². The molecule has 0 spiro atoms. The van der Waals surface area contributed by atoms with Crippen molar-refractivity contribution in [1.29, 1.82) is 0 Å². The molecule has 0 unspecified atom stereocenters. The van der Waals surface area contributed by atoms with Crippen LogP contribution < -0.4 is 20.7 Å². The molecule has 4 N–H and O–H groups in total. The van der Waals surface area contributed by atoms with Crippen LogP contribution in [0.4, 0.5) is 11.4 Å². The van der Waals surface area contributed by atoms with Crippen molar-refractivity contribution in [3.05, 3.63) is 53.6 Å². The van der Waals surface area contributed by atoms with Crippen LogP contribution in [0.15, 0.2) is 42.5 Å². The maximum atomic E-state index is 12.7. The average Bonchev–Trinajstić information content (AvgIpc) is 2.67. The van der Waals surface area contributed by atoms with E-state index in [4.69, 9.17) is 4.74 Å². The summed E-state index contributed by atoms with van der Waals surface area (Å²) in [7, 11) is 1.55. The molecule has 6 nitrogen and oxygen atoms in total. The first kappa shape index (κ1) is 24.4. The largest absolute Gasteiger partial charge is 0.495 e. The number of benzene rings is 2. The summed E-state index contributed by atoms with van der Waals surface area (Å²) < 4.78 is 5.34. The second-order valence-electron chi connectivity index (χ2n) is 9.23. The lowest BCUT2D eigenvalue weighted by molar-refractivity contribution is -0.692. The summed E-state index contributed by atoms with van der Waals surface area (Å²) in [5, 5.41) is 7.69. The second kappa shape index (κ2) is 10.4. The summed E-state index contributed by atoms with van der Waals surface area (Å²) in [5.74, 6) is 0.606. The molecular weight excluding hydrogens is 390 g/mol. The van der Waals surface area contributed by atoms with Gasteiger partial charge in [-0.25, -0.2) is 0 Å². The number of carbonyl (C=O) groups is 2. The standard InChI is InChI=1S/C25H35N3O3/c1-16(2)24(18-8-10-19(11-9-18)25(4,5)6)26-15-23(30)28-21-14-20(27-17(3)29)12-13-22(21)31-7/h8-14,16,24,26H,15H2,1-7H3,(H,27,29)(H,28,30)/p+1/t24-/m1/s1. The molecule has 2 rings (SSSR count). The molecule has 1 atom stereocenters. The van der Waals surface area contributed by atoms with Gasteiger partial charge in [0.1, 0.15) is 11.8 Å². The van der Waals surface area contributed by atoms with E-state index in [2.05, 4.69) is 74.8 Å². The Balaban J connectivity index is 2.08. The molecule has 2 aromatic carbocycles. The van der Waals surface area contributed by atoms with Crippen molar-refractivity contribution in [3.8, 4) is 5.75 Å². The predicted molar refractivity (Wildman–Crippen MR) is 125 cm³/mol. The fourth-order valence-corrected chi connectivity index (χ4v) is 3.52. The van der Waals surface area contributed by atoms with Crippen LogP contribution >= 0.6 is 0 Å². The van der Waals surface area contributed by atoms with Crippen molar-refractivity contribution >= 4 is 23.2 Å². The van der Waals surface area contributed by atoms with Gasteiger partial charge in [-0.3, -0.25) is 9.59 Å². The number of anilines is 2. The minimum Gasteiger partial charge on any atom is -0.495 e. The maximum Gasteiger partial charge on any atom is 0.279 e. The van der Waals surface area contributed by atoms with Crippen LogP contribution in [-0.4, -0.2) is 25.5 Å². The van der Waals surface area contributed by atoms with Crippen molar-refractivity contribution < 1.29 is 19.6 Å². The lowest BCUT2D eigenvalue weighted by Crippen LogP contribution is -2.88. The van der Waals surface area contributed by atoms with Crippen LogP contribution in [0.5, 0.6) is 5.75 Å². The Bertz CT molecular complexity index is 899. The summed E-state index contributed by atoms with van der Waals surface area (Å²) in [4.78, 5) is 24.0. The zero-order chi connectivity index (χ0) is 23.2. The number of ether oxygens (including phenoxy) is 1. The van der Waals surface area contributed by atoms with Gasteiger partial charge in [-0.15, -0.1) is 0 Å². The maximum absolute atomic E-state index is 12.7. The highest BCUT2D eigenvalue weighted by molar-refractivity contribution is 5.95. The van der Waals surface area contributed by atoms with E-state index in [1.54, 1.807) is 25.3 Å². The van der Waals surface area contributed by atoms with E-state index >= 15 is 0 Å². The number of hydrogen-bond donors (Lipinski definition) is 3. The van der Waals surface area contributed by atoms with Crippen LogP contribution in [0.3, 0.4) is 0 Å². The third-order valence-electron chi connectivity index (χ3n) is 5.23. The Morgan fingerprint density at radius 1 is 1.03 bits per heavy atom. The first-order valence-electron chi connectivity index (χ1n) is 10.7. The summed E-state index contributed by atoms with van der Waals surface area (Å²) in [5.41, 5.74) is 3.75. The number of quaternary nitrogens is 1. The monoisotopic (exact) mass is 426 g/mol. The first-order valence-corrected chi connectivity index (χ1v) is 10.7. The summed E-state index contributed by atoms with van der Waals surface area (Å²) in [6.45, 7) is 12.6. The van der Waals surface area contributed by atoms with E-state index in [0.717, 1.165) is 0 Å². The third kappa shape index (κ3) is 7.10. The van der Waals surface area contributed by atoms with Gasteiger partial charge in [0.15, 0.2) is 6.54 Å². The van der Waals surface area contributed by atoms with Crippen molar-refractivity contribution in [2.75, 3.05) is 24.3 Å². The zero-order valence-corrected chi connectivity index (χ0v) is 19.7. The molecule has 0 radical (unpaired) electrons. The van der Waals surface area contributed by atoms with Crippen LogP contribution in [-0.2, 0) is 15.0 Å². The minimum atomic E-state index is -0.173. The molecular formula is C25H36N3O3+. The van der Waals surface area contributed by atoms with Gasteiger partial charge in [0, 0.05) is 24.1 Å². The SMILES string of the molecule is COc1ccc(NC(C)=O)cc1NC(=O)C[NH2+][C@@H](c1ccc(C(C)(C)C)cc1)C(C)C. The number of rotatable bonds is 8. The molecule has 0 fully saturated rings. The Morgan fingerprint density at radius 2 is 1.68 bits per heavy atom. The molecule has 0 heterocycles. The lowest BCUT2D eigenvalue weighted by Gasteiger charge is -2.22. The lowest BCUT2D eigenvalue weighted by atomic mass is 9.85. The molecule has 0 aliphatic heterocycles. The molecule has 0 saturated carbocycles. The normalized spacial score (nSPS) is 12.4. The molecule has 2 aromatic rings. The van der Waals surface area contributed by atoms with Crippen LogP contribution in [0, 0.1) is 5.92 Å². The van der Waals surface area contributed by atoms with Crippen molar-refractivity contribution in [2.24, 2.45) is 5.92 Å². The Morgan fingerprint density at radius 3 is 2.19 bits per heavy atom. The fraction of sp³-hybridized carbons (Fsp3) is 0.440. The molecule has 2 amide bonds.